The van der Waals surface area contributed by atoms with Crippen LogP contribution in [-0.2, 0) is 18.4 Å². The number of amides is 1. The molecule has 0 aromatic carbocycles. The quantitative estimate of drug-likeness (QED) is 0.372. The zero-order valence-corrected chi connectivity index (χ0v) is 13.4. The number of hydrogen-bond donors (Lipinski definition) is 3. The molecular formula is C15H26N6O. The molecule has 1 aromatic rings. The number of nitrogens with one attached hydrogen (secondary N) is 3. The van der Waals surface area contributed by atoms with Gasteiger partial charge in [0.1, 0.15) is 0 Å². The summed E-state index contributed by atoms with van der Waals surface area (Å²) in [6.45, 7) is 4.15. The van der Waals surface area contributed by atoms with Crippen LogP contribution in [0.1, 0.15) is 38.3 Å². The smallest absolute Gasteiger partial charge is 0.220 e. The summed E-state index contributed by atoms with van der Waals surface area (Å²) in [5.74, 6) is 0.924. The molecule has 0 saturated heterocycles. The average Bonchev–Trinajstić information content (AvgIpc) is 3.21. The number of carbonyl (C=O) groups is 1. The lowest BCUT2D eigenvalue weighted by atomic mass is 10.3. The Morgan fingerprint density at radius 1 is 1.45 bits per heavy atom. The molecule has 1 amide bonds. The van der Waals surface area contributed by atoms with Crippen molar-refractivity contribution in [1.29, 1.82) is 0 Å². The first kappa shape index (κ1) is 16.3. The number of carbonyl (C=O) groups excluding carboxylic acids is 1. The van der Waals surface area contributed by atoms with E-state index < -0.39 is 0 Å². The topological polar surface area (TPSA) is 83.3 Å². The number of aryl methyl sites for hydroxylation is 1. The van der Waals surface area contributed by atoms with Crippen molar-refractivity contribution in [2.24, 2.45) is 12.0 Å². The van der Waals surface area contributed by atoms with Gasteiger partial charge in [0, 0.05) is 38.8 Å². The predicted octanol–water partition coefficient (Wildman–Crippen LogP) is 0.534. The Morgan fingerprint density at radius 2 is 2.27 bits per heavy atom. The van der Waals surface area contributed by atoms with Crippen LogP contribution in [0.2, 0.25) is 0 Å². The van der Waals surface area contributed by atoms with Gasteiger partial charge in [-0.05, 0) is 32.3 Å². The first-order chi connectivity index (χ1) is 10.7. The molecule has 122 valence electrons. The first-order valence-corrected chi connectivity index (χ1v) is 7.97. The molecule has 0 aliphatic heterocycles. The van der Waals surface area contributed by atoms with Crippen LogP contribution in [0, 0.1) is 0 Å². The van der Waals surface area contributed by atoms with Crippen molar-refractivity contribution in [3.05, 3.63) is 18.0 Å². The molecule has 0 atom stereocenters. The van der Waals surface area contributed by atoms with Crippen molar-refractivity contribution in [2.75, 3.05) is 13.1 Å². The van der Waals surface area contributed by atoms with Gasteiger partial charge in [0.05, 0.1) is 12.2 Å². The van der Waals surface area contributed by atoms with Crippen molar-refractivity contribution >= 4 is 11.9 Å². The average molecular weight is 306 g/mol. The Kier molecular flexibility index (Phi) is 6.24. The molecule has 1 aromatic heterocycles. The molecule has 0 bridgehead atoms. The van der Waals surface area contributed by atoms with Gasteiger partial charge >= 0.3 is 0 Å². The molecule has 22 heavy (non-hydrogen) atoms. The summed E-state index contributed by atoms with van der Waals surface area (Å²) in [4.78, 5) is 16.1. The van der Waals surface area contributed by atoms with E-state index in [0.29, 0.717) is 19.0 Å². The molecule has 0 radical (unpaired) electrons. The fourth-order valence-corrected chi connectivity index (χ4v) is 2.04. The van der Waals surface area contributed by atoms with Crippen LogP contribution in [0.25, 0.3) is 0 Å². The lowest BCUT2D eigenvalue weighted by Crippen LogP contribution is -2.38. The van der Waals surface area contributed by atoms with Crippen LogP contribution in [-0.4, -0.2) is 40.8 Å². The van der Waals surface area contributed by atoms with Gasteiger partial charge in [0.15, 0.2) is 5.96 Å². The normalized spacial score (nSPS) is 14.7. The standard InChI is InChI=1S/C15H26N6O/c1-3-16-15(18-11-13-8-10-19-21(13)2)17-9-4-5-14(22)20-12-6-7-12/h8,10,12H,3-7,9,11H2,1-2H3,(H,20,22)(H2,16,17,18). The Labute approximate surface area is 131 Å². The Hall–Kier alpha value is -2.05. The minimum Gasteiger partial charge on any atom is -0.357 e. The minimum atomic E-state index is 0.154. The van der Waals surface area contributed by atoms with Gasteiger partial charge in [-0.25, -0.2) is 4.99 Å². The summed E-state index contributed by atoms with van der Waals surface area (Å²) in [5.41, 5.74) is 1.06. The van der Waals surface area contributed by atoms with Crippen LogP contribution >= 0.6 is 0 Å². The highest BCUT2D eigenvalue weighted by Gasteiger charge is 2.22. The van der Waals surface area contributed by atoms with E-state index in [1.807, 2.05) is 24.7 Å². The molecule has 1 fully saturated rings. The highest BCUT2D eigenvalue weighted by molar-refractivity contribution is 5.80. The summed E-state index contributed by atoms with van der Waals surface area (Å²) >= 11 is 0. The molecule has 0 spiro atoms. The maximum atomic E-state index is 11.6. The van der Waals surface area contributed by atoms with E-state index in [0.717, 1.165) is 44.0 Å². The van der Waals surface area contributed by atoms with Gasteiger partial charge in [0.2, 0.25) is 5.91 Å². The van der Waals surface area contributed by atoms with Gasteiger partial charge in [-0.15, -0.1) is 0 Å². The van der Waals surface area contributed by atoms with Crippen LogP contribution < -0.4 is 16.0 Å². The van der Waals surface area contributed by atoms with E-state index in [-0.39, 0.29) is 5.91 Å². The number of guanidine groups is 1. The Balaban J connectivity index is 1.68. The van der Waals surface area contributed by atoms with E-state index in [2.05, 4.69) is 26.0 Å². The number of aliphatic imine (C=N–C) groups is 1. The molecule has 1 aliphatic rings. The molecule has 3 N–H and O–H groups in total. The van der Waals surface area contributed by atoms with E-state index >= 15 is 0 Å². The molecule has 2 rings (SSSR count). The highest BCUT2D eigenvalue weighted by Crippen LogP contribution is 2.18. The zero-order chi connectivity index (χ0) is 15.8. The molecule has 1 heterocycles. The number of rotatable bonds is 8. The predicted molar refractivity (Wildman–Crippen MR) is 86.4 cm³/mol. The maximum Gasteiger partial charge on any atom is 0.220 e. The van der Waals surface area contributed by atoms with Gasteiger partial charge < -0.3 is 16.0 Å². The van der Waals surface area contributed by atoms with Crippen LogP contribution in [0.3, 0.4) is 0 Å². The second-order valence-electron chi connectivity index (χ2n) is 5.51. The lowest BCUT2D eigenvalue weighted by molar-refractivity contribution is -0.121. The first-order valence-electron chi connectivity index (χ1n) is 7.97. The summed E-state index contributed by atoms with van der Waals surface area (Å²) in [7, 11) is 1.91. The van der Waals surface area contributed by atoms with Crippen molar-refractivity contribution in [1.82, 2.24) is 25.7 Å². The molecular weight excluding hydrogens is 280 g/mol. The van der Waals surface area contributed by atoms with Crippen molar-refractivity contribution in [2.45, 2.75) is 45.2 Å². The third-order valence-corrected chi connectivity index (χ3v) is 3.48. The lowest BCUT2D eigenvalue weighted by Gasteiger charge is -2.11. The third-order valence-electron chi connectivity index (χ3n) is 3.48. The number of aromatic nitrogens is 2. The summed E-state index contributed by atoms with van der Waals surface area (Å²) in [6, 6.07) is 2.40. The monoisotopic (exact) mass is 306 g/mol. The highest BCUT2D eigenvalue weighted by atomic mass is 16.1. The van der Waals surface area contributed by atoms with Crippen molar-refractivity contribution < 1.29 is 4.79 Å². The summed E-state index contributed by atoms with van der Waals surface area (Å²) < 4.78 is 1.81. The van der Waals surface area contributed by atoms with Crippen LogP contribution in [0.15, 0.2) is 17.3 Å². The molecule has 0 unspecified atom stereocenters. The van der Waals surface area contributed by atoms with Crippen LogP contribution in [0.5, 0.6) is 0 Å². The van der Waals surface area contributed by atoms with E-state index in [1.54, 1.807) is 6.20 Å². The van der Waals surface area contributed by atoms with Crippen molar-refractivity contribution in [3.8, 4) is 0 Å². The summed E-state index contributed by atoms with van der Waals surface area (Å²) in [5, 5.41) is 13.6. The fraction of sp³-hybridized carbons (Fsp3) is 0.667. The maximum absolute atomic E-state index is 11.6. The van der Waals surface area contributed by atoms with E-state index in [4.69, 9.17) is 0 Å². The SMILES string of the molecule is CCNC(=NCc1ccnn1C)NCCCC(=O)NC1CC1. The second kappa shape index (κ2) is 8.41. The second-order valence-corrected chi connectivity index (χ2v) is 5.51. The van der Waals surface area contributed by atoms with Crippen molar-refractivity contribution in [3.63, 3.8) is 0 Å². The Morgan fingerprint density at radius 3 is 2.91 bits per heavy atom. The van der Waals surface area contributed by atoms with Gasteiger partial charge in [0.25, 0.3) is 0 Å². The Bertz CT molecular complexity index is 506. The number of nitrogens with zero attached hydrogens (tertiary/aromatic N) is 3. The third kappa shape index (κ3) is 5.75. The molecule has 7 heteroatoms. The van der Waals surface area contributed by atoms with Gasteiger partial charge in [-0.1, -0.05) is 0 Å². The summed E-state index contributed by atoms with van der Waals surface area (Å²) in [6.07, 6.45) is 5.40. The fourth-order valence-electron chi connectivity index (χ4n) is 2.04. The molecule has 1 saturated carbocycles. The van der Waals surface area contributed by atoms with Gasteiger partial charge in [-0.2, -0.15) is 5.10 Å². The van der Waals surface area contributed by atoms with E-state index in [9.17, 15) is 4.79 Å². The largest absolute Gasteiger partial charge is 0.357 e. The zero-order valence-electron chi connectivity index (χ0n) is 13.4. The van der Waals surface area contributed by atoms with Crippen LogP contribution in [0.4, 0.5) is 0 Å². The van der Waals surface area contributed by atoms with E-state index in [1.165, 1.54) is 0 Å². The van der Waals surface area contributed by atoms with Gasteiger partial charge in [-0.3, -0.25) is 9.48 Å². The minimum absolute atomic E-state index is 0.154. The molecule has 1 aliphatic carbocycles. The molecule has 7 nitrogen and oxygen atoms in total. The number of hydrogen-bond acceptors (Lipinski definition) is 3.